The van der Waals surface area contributed by atoms with E-state index in [0.717, 1.165) is 5.01 Å². The molecule has 0 amide bonds. The van der Waals surface area contributed by atoms with Gasteiger partial charge in [0, 0.05) is 17.8 Å². The van der Waals surface area contributed by atoms with Crippen molar-refractivity contribution in [1.82, 2.24) is 4.98 Å². The molecule has 4 heteroatoms. The Bertz CT molecular complexity index is 280. The molecule has 1 unspecified atom stereocenters. The second kappa shape index (κ2) is 3.78. The predicted molar refractivity (Wildman–Crippen MR) is 49.4 cm³/mol. The molecular formula is C8H12N2OS. The van der Waals surface area contributed by atoms with Crippen molar-refractivity contribution < 1.29 is 4.79 Å². The summed E-state index contributed by atoms with van der Waals surface area (Å²) < 4.78 is 0. The summed E-state index contributed by atoms with van der Waals surface area (Å²) >= 11 is 1.49. The van der Waals surface area contributed by atoms with Gasteiger partial charge in [-0.1, -0.05) is 0 Å². The highest BCUT2D eigenvalue weighted by Gasteiger charge is 2.10. The first-order valence-electron chi connectivity index (χ1n) is 3.80. The lowest BCUT2D eigenvalue weighted by Crippen LogP contribution is -2.19. The minimum Gasteiger partial charge on any atom is -0.328 e. The zero-order valence-electron chi connectivity index (χ0n) is 7.20. The van der Waals surface area contributed by atoms with Crippen LogP contribution in [0.1, 0.15) is 28.8 Å². The van der Waals surface area contributed by atoms with Gasteiger partial charge in [-0.25, -0.2) is 4.98 Å². The summed E-state index contributed by atoms with van der Waals surface area (Å²) in [4.78, 5) is 15.4. The Morgan fingerprint density at radius 1 is 1.83 bits per heavy atom. The van der Waals surface area contributed by atoms with Crippen LogP contribution in [0.25, 0.3) is 0 Å². The maximum Gasteiger partial charge on any atom is 0.183 e. The molecule has 1 atom stereocenters. The third kappa shape index (κ3) is 2.39. The minimum absolute atomic E-state index is 0.0364. The standard InChI is InChI=1S/C8H12N2OS/c1-5(9)3-8(11)7-4-12-6(2)10-7/h4-5H,3,9H2,1-2H3. The number of nitrogens with zero attached hydrogens (tertiary/aromatic N) is 1. The van der Waals surface area contributed by atoms with Gasteiger partial charge in [0.1, 0.15) is 5.69 Å². The van der Waals surface area contributed by atoms with Crippen molar-refractivity contribution >= 4 is 17.1 Å². The van der Waals surface area contributed by atoms with Crippen LogP contribution in [0.4, 0.5) is 0 Å². The molecule has 2 N–H and O–H groups in total. The number of carbonyl (C=O) groups is 1. The van der Waals surface area contributed by atoms with Crippen molar-refractivity contribution in [2.45, 2.75) is 26.3 Å². The van der Waals surface area contributed by atoms with E-state index in [1.165, 1.54) is 11.3 Å². The van der Waals surface area contributed by atoms with Crippen molar-refractivity contribution in [2.24, 2.45) is 5.73 Å². The minimum atomic E-state index is -0.0838. The third-order valence-corrected chi connectivity index (χ3v) is 2.19. The SMILES string of the molecule is Cc1nc(C(=O)CC(C)N)cs1. The summed E-state index contributed by atoms with van der Waals surface area (Å²) in [7, 11) is 0. The van der Waals surface area contributed by atoms with E-state index >= 15 is 0 Å². The van der Waals surface area contributed by atoms with Crippen LogP contribution in [0.2, 0.25) is 0 Å². The second-order valence-electron chi connectivity index (χ2n) is 2.86. The van der Waals surface area contributed by atoms with Gasteiger partial charge in [0.2, 0.25) is 0 Å². The molecule has 0 saturated carbocycles. The largest absolute Gasteiger partial charge is 0.328 e. The molecule has 0 fully saturated rings. The molecule has 0 bridgehead atoms. The molecule has 0 saturated heterocycles. The Morgan fingerprint density at radius 2 is 2.50 bits per heavy atom. The van der Waals surface area contributed by atoms with Crippen molar-refractivity contribution in [3.05, 3.63) is 16.1 Å². The van der Waals surface area contributed by atoms with Crippen LogP contribution in [0.5, 0.6) is 0 Å². The molecule has 1 rings (SSSR count). The summed E-state index contributed by atoms with van der Waals surface area (Å²) in [5.74, 6) is 0.0364. The van der Waals surface area contributed by atoms with Gasteiger partial charge in [0.25, 0.3) is 0 Å². The van der Waals surface area contributed by atoms with Crippen LogP contribution in [-0.4, -0.2) is 16.8 Å². The number of nitrogens with two attached hydrogens (primary N) is 1. The van der Waals surface area contributed by atoms with Gasteiger partial charge >= 0.3 is 0 Å². The quantitative estimate of drug-likeness (QED) is 0.722. The molecule has 0 aliphatic heterocycles. The van der Waals surface area contributed by atoms with Crippen LogP contribution in [0.3, 0.4) is 0 Å². The number of thiazole rings is 1. The molecular weight excluding hydrogens is 172 g/mol. The van der Waals surface area contributed by atoms with E-state index in [2.05, 4.69) is 4.98 Å². The summed E-state index contributed by atoms with van der Waals surface area (Å²) in [6.45, 7) is 3.70. The maximum atomic E-state index is 11.3. The number of rotatable bonds is 3. The van der Waals surface area contributed by atoms with Crippen LogP contribution in [-0.2, 0) is 0 Å². The molecule has 0 radical (unpaired) electrons. The number of aromatic nitrogens is 1. The number of carbonyl (C=O) groups excluding carboxylic acids is 1. The third-order valence-electron chi connectivity index (χ3n) is 1.41. The van der Waals surface area contributed by atoms with E-state index in [4.69, 9.17) is 5.73 Å². The lowest BCUT2D eigenvalue weighted by molar-refractivity contribution is 0.0972. The van der Waals surface area contributed by atoms with Crippen LogP contribution in [0, 0.1) is 6.92 Å². The average Bonchev–Trinajstić information content (AvgIpc) is 2.34. The number of ketones is 1. The van der Waals surface area contributed by atoms with Crippen molar-refractivity contribution in [1.29, 1.82) is 0 Å². The topological polar surface area (TPSA) is 56.0 Å². The molecule has 66 valence electrons. The van der Waals surface area contributed by atoms with Crippen LogP contribution >= 0.6 is 11.3 Å². The van der Waals surface area contributed by atoms with E-state index in [9.17, 15) is 4.79 Å². The molecule has 1 heterocycles. The molecule has 0 aliphatic rings. The molecule has 1 aromatic rings. The van der Waals surface area contributed by atoms with Gasteiger partial charge in [-0.3, -0.25) is 4.79 Å². The summed E-state index contributed by atoms with van der Waals surface area (Å²) in [6, 6.07) is -0.0838. The van der Waals surface area contributed by atoms with Gasteiger partial charge in [-0.2, -0.15) is 0 Å². The van der Waals surface area contributed by atoms with Gasteiger partial charge < -0.3 is 5.73 Å². The molecule has 3 nitrogen and oxygen atoms in total. The number of Topliss-reactive ketones (excluding diaryl/α,β-unsaturated/α-hetero) is 1. The first-order chi connectivity index (χ1) is 5.59. The van der Waals surface area contributed by atoms with Crippen molar-refractivity contribution in [3.8, 4) is 0 Å². The Hall–Kier alpha value is -0.740. The fourth-order valence-electron chi connectivity index (χ4n) is 0.888. The molecule has 1 aromatic heterocycles. The van der Waals surface area contributed by atoms with E-state index in [1.54, 1.807) is 5.38 Å². The summed E-state index contributed by atoms with van der Waals surface area (Å²) in [5, 5.41) is 2.70. The zero-order chi connectivity index (χ0) is 9.14. The van der Waals surface area contributed by atoms with E-state index < -0.39 is 0 Å². The first kappa shape index (κ1) is 9.35. The number of hydrogen-bond acceptors (Lipinski definition) is 4. The predicted octanol–water partition coefficient (Wildman–Crippen LogP) is 1.37. The Kier molecular flexibility index (Phi) is 2.94. The second-order valence-corrected chi connectivity index (χ2v) is 3.92. The number of aryl methyl sites for hydroxylation is 1. The summed E-state index contributed by atoms with van der Waals surface area (Å²) in [5.41, 5.74) is 6.04. The van der Waals surface area contributed by atoms with Crippen LogP contribution in [0.15, 0.2) is 5.38 Å². The van der Waals surface area contributed by atoms with E-state index in [-0.39, 0.29) is 11.8 Å². The Labute approximate surface area is 75.6 Å². The van der Waals surface area contributed by atoms with E-state index in [0.29, 0.717) is 12.1 Å². The van der Waals surface area contributed by atoms with Crippen molar-refractivity contribution in [3.63, 3.8) is 0 Å². The van der Waals surface area contributed by atoms with Crippen LogP contribution < -0.4 is 5.73 Å². The first-order valence-corrected chi connectivity index (χ1v) is 4.68. The Balaban J connectivity index is 2.65. The normalized spacial score (nSPS) is 12.9. The fourth-order valence-corrected chi connectivity index (χ4v) is 1.51. The molecule has 0 aliphatic carbocycles. The molecule has 0 spiro atoms. The smallest absolute Gasteiger partial charge is 0.183 e. The highest BCUT2D eigenvalue weighted by atomic mass is 32.1. The maximum absolute atomic E-state index is 11.3. The number of hydrogen-bond donors (Lipinski definition) is 1. The van der Waals surface area contributed by atoms with Gasteiger partial charge in [-0.05, 0) is 13.8 Å². The Morgan fingerprint density at radius 3 is 2.92 bits per heavy atom. The van der Waals surface area contributed by atoms with E-state index in [1.807, 2.05) is 13.8 Å². The molecule has 12 heavy (non-hydrogen) atoms. The average molecular weight is 184 g/mol. The zero-order valence-corrected chi connectivity index (χ0v) is 8.02. The lowest BCUT2D eigenvalue weighted by atomic mass is 10.1. The molecule has 0 aromatic carbocycles. The highest BCUT2D eigenvalue weighted by molar-refractivity contribution is 7.09. The summed E-state index contributed by atoms with van der Waals surface area (Å²) in [6.07, 6.45) is 0.378. The monoisotopic (exact) mass is 184 g/mol. The van der Waals surface area contributed by atoms with Gasteiger partial charge in [0.05, 0.1) is 5.01 Å². The van der Waals surface area contributed by atoms with Gasteiger partial charge in [-0.15, -0.1) is 11.3 Å². The lowest BCUT2D eigenvalue weighted by Gasteiger charge is -2.00. The van der Waals surface area contributed by atoms with Crippen molar-refractivity contribution in [2.75, 3.05) is 0 Å². The highest BCUT2D eigenvalue weighted by Crippen LogP contribution is 2.10. The van der Waals surface area contributed by atoms with Gasteiger partial charge in [0.15, 0.2) is 5.78 Å². The fraction of sp³-hybridized carbons (Fsp3) is 0.500.